The van der Waals surface area contributed by atoms with Gasteiger partial charge in [-0.25, -0.2) is 23.1 Å². The minimum atomic E-state index is -0.864. The fraction of sp³-hybridized carbons (Fsp3) is 0.434. The summed E-state index contributed by atoms with van der Waals surface area (Å²) in [6.07, 6.45) is 9.61. The summed E-state index contributed by atoms with van der Waals surface area (Å²) < 4.78 is 56.8. The second-order valence-corrected chi connectivity index (χ2v) is 20.9. The van der Waals surface area contributed by atoms with E-state index in [4.69, 9.17) is 19.1 Å². The summed E-state index contributed by atoms with van der Waals surface area (Å²) in [6.45, 7) is 14.1. The second kappa shape index (κ2) is 16.6. The van der Waals surface area contributed by atoms with Crippen molar-refractivity contribution in [3.8, 4) is 17.2 Å². The van der Waals surface area contributed by atoms with E-state index in [1.54, 1.807) is 58.6 Å². The zero-order chi connectivity index (χ0) is 49.2. The number of carbonyl (C=O) groups excluding carboxylic acids is 1. The number of aromatic nitrogens is 9. The largest absolute Gasteiger partial charge is 0.438 e. The van der Waals surface area contributed by atoms with Crippen molar-refractivity contribution in [1.29, 1.82) is 0 Å². The van der Waals surface area contributed by atoms with Crippen molar-refractivity contribution in [2.45, 2.75) is 110 Å². The standard InChI is InChI=1S/C53H56F2N10O6/c1-29-21-37(22-30(2)45(29)54)65-47(62-17-16-61(51(62)68)42-12-11-41-38(46(42)55)27-56-63(41)18-20-69-28-33-7-8-33)44-32(4)60(15-13-39(44)58-65)48(66)43-24-36-23-34(35-14-19-70-52(5,6)26-35)9-10-40(36)64(43)53(25-31(53)3)49-57-50(67)71-59-49/h9-12,16-17,21-24,27,31-33,35H,7-8,13-15,18-20,25-26,28H2,1-6H3,(H,57,59,67)/t31-,32-,35-,53-/m1/s1. The van der Waals surface area contributed by atoms with Crippen LogP contribution in [-0.4, -0.2) is 86.2 Å². The van der Waals surface area contributed by atoms with Gasteiger partial charge in [0, 0.05) is 55.0 Å². The van der Waals surface area contributed by atoms with Crippen molar-refractivity contribution in [3.05, 3.63) is 139 Å². The molecule has 0 unspecified atom stereocenters. The van der Waals surface area contributed by atoms with Gasteiger partial charge in [-0.15, -0.1) is 0 Å². The Kier molecular flexibility index (Phi) is 10.6. The van der Waals surface area contributed by atoms with Crippen molar-refractivity contribution < 1.29 is 27.6 Å². The Balaban J connectivity index is 0.956. The topological polar surface area (TPSA) is 165 Å². The molecule has 0 bridgehead atoms. The zero-order valence-corrected chi connectivity index (χ0v) is 40.7. The maximum absolute atomic E-state index is 16.6. The van der Waals surface area contributed by atoms with Crippen LogP contribution in [0.4, 0.5) is 8.78 Å². The third-order valence-corrected chi connectivity index (χ3v) is 15.6. The number of rotatable bonds is 12. The maximum atomic E-state index is 16.6. The summed E-state index contributed by atoms with van der Waals surface area (Å²) in [4.78, 5) is 47.6. The number of fused-ring (bicyclic) bond motifs is 3. The molecule has 368 valence electrons. The summed E-state index contributed by atoms with van der Waals surface area (Å²) >= 11 is 0. The highest BCUT2D eigenvalue weighted by Gasteiger charge is 2.59. The molecule has 2 saturated carbocycles. The molecule has 12 rings (SSSR count). The number of ether oxygens (including phenoxy) is 2. The molecule has 5 aromatic heterocycles. The Labute approximate surface area is 406 Å². The first kappa shape index (κ1) is 45.2. The number of H-pyrrole nitrogens is 1. The number of nitrogens with zero attached hydrogens (tertiary/aromatic N) is 9. The van der Waals surface area contributed by atoms with Gasteiger partial charge in [0.25, 0.3) is 5.91 Å². The molecular formula is C53H56F2N10O6. The number of carbonyl (C=O) groups is 1. The first-order valence-corrected chi connectivity index (χ1v) is 24.7. The van der Waals surface area contributed by atoms with E-state index in [0.29, 0.717) is 103 Å². The lowest BCUT2D eigenvalue weighted by atomic mass is 9.83. The fourth-order valence-corrected chi connectivity index (χ4v) is 11.6. The summed E-state index contributed by atoms with van der Waals surface area (Å²) in [5.74, 6) is -0.317. The summed E-state index contributed by atoms with van der Waals surface area (Å²) in [6, 6.07) is 14.4. The van der Waals surface area contributed by atoms with Gasteiger partial charge in [-0.2, -0.15) is 10.2 Å². The molecule has 0 radical (unpaired) electrons. The lowest BCUT2D eigenvalue weighted by molar-refractivity contribution is -0.0592. The van der Waals surface area contributed by atoms with Gasteiger partial charge in [-0.05, 0) is 144 Å². The minimum absolute atomic E-state index is 0.00643. The molecule has 4 aliphatic rings. The molecule has 71 heavy (non-hydrogen) atoms. The Morgan fingerprint density at radius 1 is 0.944 bits per heavy atom. The first-order valence-electron chi connectivity index (χ1n) is 24.7. The number of halogens is 2. The van der Waals surface area contributed by atoms with Crippen molar-refractivity contribution in [2.75, 3.05) is 26.4 Å². The van der Waals surface area contributed by atoms with Gasteiger partial charge in [-0.1, -0.05) is 18.1 Å². The normalized spacial score (nSPS) is 21.9. The van der Waals surface area contributed by atoms with Gasteiger partial charge in [0.15, 0.2) is 11.6 Å². The highest BCUT2D eigenvalue weighted by atomic mass is 19.1. The summed E-state index contributed by atoms with van der Waals surface area (Å²) in [5, 5.41) is 14.9. The molecule has 1 N–H and O–H groups in total. The van der Waals surface area contributed by atoms with Crippen molar-refractivity contribution in [2.24, 2.45) is 11.8 Å². The van der Waals surface area contributed by atoms with E-state index < -0.39 is 28.8 Å². The van der Waals surface area contributed by atoms with E-state index in [9.17, 15) is 9.59 Å². The number of imidazole rings is 1. The smallest absolute Gasteiger partial charge is 0.379 e. The Morgan fingerprint density at radius 2 is 1.70 bits per heavy atom. The van der Waals surface area contributed by atoms with Gasteiger partial charge >= 0.3 is 11.4 Å². The monoisotopic (exact) mass is 966 g/mol. The van der Waals surface area contributed by atoms with Crippen LogP contribution in [0.2, 0.25) is 0 Å². The van der Waals surface area contributed by atoms with Crippen LogP contribution in [-0.2, 0) is 28.0 Å². The molecule has 1 amide bonds. The van der Waals surface area contributed by atoms with Gasteiger partial charge < -0.3 is 18.9 Å². The predicted octanol–water partition coefficient (Wildman–Crippen LogP) is 8.33. The Bertz CT molecular complexity index is 3540. The van der Waals surface area contributed by atoms with Gasteiger partial charge in [-0.3, -0.25) is 28.1 Å². The lowest BCUT2D eigenvalue weighted by Crippen LogP contribution is -2.41. The van der Waals surface area contributed by atoms with Crippen LogP contribution in [0.5, 0.6) is 0 Å². The first-order chi connectivity index (χ1) is 34.1. The van der Waals surface area contributed by atoms with Gasteiger partial charge in [0.05, 0.1) is 59.0 Å². The van der Waals surface area contributed by atoms with Crippen LogP contribution >= 0.6 is 0 Å². The van der Waals surface area contributed by atoms with Crippen LogP contribution in [0.25, 0.3) is 39.0 Å². The van der Waals surface area contributed by atoms with E-state index in [0.717, 1.165) is 29.3 Å². The van der Waals surface area contributed by atoms with Crippen molar-refractivity contribution in [3.63, 3.8) is 0 Å². The average Bonchev–Trinajstić information content (AvgIpc) is 3.84. The van der Waals surface area contributed by atoms with Crippen molar-refractivity contribution in [1.82, 2.24) is 48.3 Å². The molecule has 3 fully saturated rings. The summed E-state index contributed by atoms with van der Waals surface area (Å²) in [7, 11) is 0. The van der Waals surface area contributed by atoms with Crippen LogP contribution in [0.15, 0.2) is 81.2 Å². The third-order valence-electron chi connectivity index (χ3n) is 15.6. The zero-order valence-electron chi connectivity index (χ0n) is 40.7. The van der Waals surface area contributed by atoms with Crippen LogP contribution < -0.4 is 11.4 Å². The molecule has 16 nitrogen and oxygen atoms in total. The Hall–Kier alpha value is -6.92. The molecule has 0 spiro atoms. The number of amides is 1. The second-order valence-electron chi connectivity index (χ2n) is 20.9. The van der Waals surface area contributed by atoms with Crippen LogP contribution in [0.3, 0.4) is 0 Å². The molecule has 4 atom stereocenters. The quantitative estimate of drug-likeness (QED) is 0.119. The average molecular weight is 967 g/mol. The molecule has 1 saturated heterocycles. The van der Waals surface area contributed by atoms with Crippen LogP contribution in [0, 0.1) is 37.3 Å². The molecular weight excluding hydrogens is 911 g/mol. The number of nitrogens with one attached hydrogen (secondary N) is 1. The highest BCUT2D eigenvalue weighted by Crippen LogP contribution is 2.56. The lowest BCUT2D eigenvalue weighted by Gasteiger charge is -2.35. The van der Waals surface area contributed by atoms with E-state index in [2.05, 4.69) is 54.2 Å². The van der Waals surface area contributed by atoms with E-state index in [1.807, 2.05) is 17.6 Å². The maximum Gasteiger partial charge on any atom is 0.438 e. The molecule has 7 heterocycles. The molecule has 2 aliphatic carbocycles. The predicted molar refractivity (Wildman–Crippen MR) is 260 cm³/mol. The summed E-state index contributed by atoms with van der Waals surface area (Å²) in [5.41, 5.74) is 3.90. The number of benzene rings is 3. The number of hydrogen-bond donors (Lipinski definition) is 1. The molecule has 8 aromatic rings. The van der Waals surface area contributed by atoms with E-state index in [-0.39, 0.29) is 40.2 Å². The molecule has 3 aromatic carbocycles. The third kappa shape index (κ3) is 7.42. The fourth-order valence-electron chi connectivity index (χ4n) is 11.6. The minimum Gasteiger partial charge on any atom is -0.379 e. The molecule has 2 aliphatic heterocycles. The number of aromatic amines is 1. The van der Waals surface area contributed by atoms with Crippen molar-refractivity contribution >= 4 is 27.7 Å². The number of hydrogen-bond acceptors (Lipinski definition) is 9. The van der Waals surface area contributed by atoms with E-state index in [1.165, 1.54) is 34.4 Å². The van der Waals surface area contributed by atoms with Gasteiger partial charge in [0.1, 0.15) is 22.9 Å². The van der Waals surface area contributed by atoms with Gasteiger partial charge in [0.2, 0.25) is 0 Å². The van der Waals surface area contributed by atoms with Crippen LogP contribution in [0.1, 0.15) is 116 Å². The highest BCUT2D eigenvalue weighted by molar-refractivity contribution is 6.00. The molecule has 18 heteroatoms. The number of aryl methyl sites for hydroxylation is 2. The SMILES string of the molecule is Cc1cc(-n2nc3c(c2-n2ccn(-c4ccc5c(cnn5CCOCC5CC5)c4F)c2=O)[C@@H](C)N(C(=O)c2cc4cc([C@@H]5CCOC(C)(C)C5)ccc4n2[C@]2(c4noc(=O)[nH]4)C[C@H]2C)CC3)cc(C)c1F. The Morgan fingerprint density at radius 3 is 2.42 bits per heavy atom. The van der Waals surface area contributed by atoms with E-state index >= 15 is 13.6 Å².